The summed E-state index contributed by atoms with van der Waals surface area (Å²) in [5, 5.41) is 8.01. The highest BCUT2D eigenvalue weighted by Gasteiger charge is 2.46. The Bertz CT molecular complexity index is 936. The smallest absolute Gasteiger partial charge is 0.339 e. The first-order chi connectivity index (χ1) is 11.7. The average Bonchev–Trinajstić information content (AvgIpc) is 2.87. The summed E-state index contributed by atoms with van der Waals surface area (Å²) in [5.74, 6) is -1.88. The van der Waals surface area contributed by atoms with E-state index in [1.807, 2.05) is 0 Å². The van der Waals surface area contributed by atoms with Crippen molar-refractivity contribution in [2.45, 2.75) is 15.0 Å². The molecule has 9 heteroatoms. The van der Waals surface area contributed by atoms with Gasteiger partial charge in [-0.1, -0.05) is 18.2 Å². The van der Waals surface area contributed by atoms with Gasteiger partial charge in [0.1, 0.15) is 16.6 Å². The van der Waals surface area contributed by atoms with Gasteiger partial charge in [-0.25, -0.2) is 13.2 Å². The predicted molar refractivity (Wildman–Crippen MR) is 92.3 cm³/mol. The number of carbonyl (C=O) groups is 1. The van der Waals surface area contributed by atoms with Gasteiger partial charge in [-0.2, -0.15) is 10.6 Å². The first-order valence-electron chi connectivity index (χ1n) is 7.19. The summed E-state index contributed by atoms with van der Waals surface area (Å²) in [6.45, 7) is 0. The highest BCUT2D eigenvalue weighted by atomic mass is 32.3. The summed E-state index contributed by atoms with van der Waals surface area (Å²) in [7, 11) is -6.12. The molecule has 1 aliphatic heterocycles. The first-order valence-corrected chi connectivity index (χ1v) is 10.5. The lowest BCUT2D eigenvalue weighted by molar-refractivity contribution is 0.0693. The van der Waals surface area contributed by atoms with Gasteiger partial charge in [0.05, 0.1) is 22.7 Å². The quantitative estimate of drug-likeness (QED) is 0.741. The number of rotatable bonds is 4. The van der Waals surface area contributed by atoms with Gasteiger partial charge < -0.3 is 9.84 Å². The number of methoxy groups -OCH3 is 1. The van der Waals surface area contributed by atoms with Crippen LogP contribution in [0.2, 0.25) is 0 Å². The van der Waals surface area contributed by atoms with Crippen LogP contribution in [-0.4, -0.2) is 41.5 Å². The normalized spacial score (nSPS) is 19.9. The molecule has 2 aromatic carbocycles. The second-order valence-corrected chi connectivity index (χ2v) is 9.78. The highest BCUT2D eigenvalue weighted by molar-refractivity contribution is 8.25. The van der Waals surface area contributed by atoms with Gasteiger partial charge >= 0.3 is 5.97 Å². The molecular formula is C16H16O7S2. The zero-order valence-corrected chi connectivity index (χ0v) is 14.8. The van der Waals surface area contributed by atoms with E-state index in [1.165, 1.54) is 31.4 Å². The number of hydrogen-bond donors (Lipinski definition) is 3. The molecule has 0 saturated carbocycles. The Morgan fingerprint density at radius 2 is 1.80 bits per heavy atom. The molecule has 7 nitrogen and oxygen atoms in total. The molecule has 1 atom stereocenters. The third-order valence-corrected chi connectivity index (χ3v) is 8.25. The van der Waals surface area contributed by atoms with Gasteiger partial charge in [0.2, 0.25) is 0 Å². The van der Waals surface area contributed by atoms with Crippen LogP contribution in [0.3, 0.4) is 0 Å². The highest BCUT2D eigenvalue weighted by Crippen LogP contribution is 2.63. The number of carboxylic acids is 1. The van der Waals surface area contributed by atoms with Gasteiger partial charge in [0.15, 0.2) is 9.84 Å². The van der Waals surface area contributed by atoms with Gasteiger partial charge in [0, 0.05) is 5.56 Å². The fourth-order valence-electron chi connectivity index (χ4n) is 2.96. The number of sulfone groups is 1. The number of hydrogen-bond acceptors (Lipinski definition) is 6. The monoisotopic (exact) mass is 384 g/mol. The molecule has 0 amide bonds. The minimum atomic E-state index is -3.97. The summed E-state index contributed by atoms with van der Waals surface area (Å²) in [4.78, 5) is 11.5. The zero-order valence-electron chi connectivity index (χ0n) is 13.1. The van der Waals surface area contributed by atoms with Crippen LogP contribution in [0.15, 0.2) is 52.3 Å². The molecule has 0 radical (unpaired) electrons. The van der Waals surface area contributed by atoms with Crippen LogP contribution in [0.4, 0.5) is 0 Å². The van der Waals surface area contributed by atoms with E-state index in [2.05, 4.69) is 0 Å². The Kier molecular flexibility index (Phi) is 4.28. The number of aromatic carboxylic acids is 1. The second kappa shape index (κ2) is 6.03. The molecule has 0 aromatic heterocycles. The van der Waals surface area contributed by atoms with Crippen molar-refractivity contribution in [3.05, 3.63) is 53.6 Å². The molecule has 0 saturated heterocycles. The van der Waals surface area contributed by atoms with Crippen LogP contribution in [-0.2, 0) is 9.84 Å². The van der Waals surface area contributed by atoms with Crippen LogP contribution in [0, 0.1) is 0 Å². The summed E-state index contributed by atoms with van der Waals surface area (Å²) in [6, 6.07) is 10.0. The van der Waals surface area contributed by atoms with Crippen molar-refractivity contribution in [2.75, 3.05) is 12.9 Å². The minimum absolute atomic E-state index is 0.00579. The van der Waals surface area contributed by atoms with Crippen molar-refractivity contribution < 1.29 is 32.2 Å². The number of fused-ring (bicyclic) bond motifs is 1. The number of carboxylic acid groups (broad SMARTS) is 1. The van der Waals surface area contributed by atoms with Crippen molar-refractivity contribution in [2.24, 2.45) is 0 Å². The van der Waals surface area contributed by atoms with Crippen molar-refractivity contribution in [3.63, 3.8) is 0 Å². The van der Waals surface area contributed by atoms with Gasteiger partial charge in [0.25, 0.3) is 0 Å². The molecule has 3 rings (SSSR count). The van der Waals surface area contributed by atoms with Gasteiger partial charge in [-0.3, -0.25) is 9.11 Å². The van der Waals surface area contributed by atoms with Crippen LogP contribution in [0.5, 0.6) is 5.75 Å². The molecular weight excluding hydrogens is 368 g/mol. The van der Waals surface area contributed by atoms with E-state index in [1.54, 1.807) is 18.2 Å². The van der Waals surface area contributed by atoms with E-state index >= 15 is 0 Å². The molecule has 1 unspecified atom stereocenters. The maximum absolute atomic E-state index is 13.0. The predicted octanol–water partition coefficient (Wildman–Crippen LogP) is 3.03. The SMILES string of the molecule is COc1c(C(=O)O)ccc2c1C(S(=O)(=O)c1ccccc1)CS2(O)O. The van der Waals surface area contributed by atoms with Crippen molar-refractivity contribution in [1.29, 1.82) is 0 Å². The summed E-state index contributed by atoms with van der Waals surface area (Å²) in [5.41, 5.74) is -0.224. The van der Waals surface area contributed by atoms with E-state index < -0.39 is 37.4 Å². The Morgan fingerprint density at radius 1 is 1.16 bits per heavy atom. The second-order valence-electron chi connectivity index (χ2n) is 5.54. The van der Waals surface area contributed by atoms with Gasteiger partial charge in [-0.15, -0.1) is 0 Å². The summed E-state index contributed by atoms with van der Waals surface area (Å²) >= 11 is 0. The number of ether oxygens (including phenoxy) is 1. The minimum Gasteiger partial charge on any atom is -0.495 e. The standard InChI is InChI=1S/C16H16O7S2/c1-23-15-11(16(17)18)7-8-12-14(15)13(9-24(12,19)20)25(21,22)10-5-3-2-4-6-10/h2-8,13,19-20H,9H2,1H3,(H,17,18). The molecule has 0 aliphatic carbocycles. The summed E-state index contributed by atoms with van der Waals surface area (Å²) in [6.07, 6.45) is 0. The van der Waals surface area contributed by atoms with E-state index in [-0.39, 0.29) is 26.7 Å². The topological polar surface area (TPSA) is 121 Å². The van der Waals surface area contributed by atoms with Crippen molar-refractivity contribution in [3.8, 4) is 5.75 Å². The maximum atomic E-state index is 13.0. The van der Waals surface area contributed by atoms with E-state index in [9.17, 15) is 27.4 Å². The Labute approximate surface area is 146 Å². The molecule has 2 aromatic rings. The Morgan fingerprint density at radius 3 is 2.36 bits per heavy atom. The molecule has 25 heavy (non-hydrogen) atoms. The Balaban J connectivity index is 2.28. The third-order valence-electron chi connectivity index (χ3n) is 4.09. The van der Waals surface area contributed by atoms with Crippen LogP contribution < -0.4 is 4.74 Å². The molecule has 1 heterocycles. The third kappa shape index (κ3) is 2.78. The van der Waals surface area contributed by atoms with E-state index in [0.29, 0.717) is 0 Å². The fourth-order valence-corrected chi connectivity index (χ4v) is 7.37. The molecule has 0 bridgehead atoms. The largest absolute Gasteiger partial charge is 0.495 e. The van der Waals surface area contributed by atoms with Crippen LogP contribution in [0.1, 0.15) is 21.2 Å². The zero-order chi connectivity index (χ0) is 18.4. The fraction of sp³-hybridized carbons (Fsp3) is 0.188. The van der Waals surface area contributed by atoms with Gasteiger partial charge in [-0.05, 0) is 24.3 Å². The first kappa shape index (κ1) is 17.7. The molecule has 0 spiro atoms. The molecule has 134 valence electrons. The summed E-state index contributed by atoms with van der Waals surface area (Å²) < 4.78 is 51.9. The lowest BCUT2D eigenvalue weighted by Crippen LogP contribution is -2.16. The molecule has 0 fully saturated rings. The van der Waals surface area contributed by atoms with E-state index in [4.69, 9.17) is 4.74 Å². The maximum Gasteiger partial charge on any atom is 0.339 e. The van der Waals surface area contributed by atoms with Crippen LogP contribution >= 0.6 is 10.6 Å². The van der Waals surface area contributed by atoms with Crippen molar-refractivity contribution >= 4 is 26.4 Å². The average molecular weight is 384 g/mol. The molecule has 1 aliphatic rings. The Hall–Kier alpha value is -2.07. The van der Waals surface area contributed by atoms with Crippen molar-refractivity contribution in [1.82, 2.24) is 0 Å². The molecule has 3 N–H and O–H groups in total. The lowest BCUT2D eigenvalue weighted by Gasteiger charge is -2.27. The van der Waals surface area contributed by atoms with Crippen LogP contribution in [0.25, 0.3) is 0 Å². The number of benzene rings is 2. The van der Waals surface area contributed by atoms with E-state index in [0.717, 1.165) is 0 Å². The lowest BCUT2D eigenvalue weighted by atomic mass is 10.1.